The Labute approximate surface area is 226 Å². The lowest BCUT2D eigenvalue weighted by molar-refractivity contribution is 0.402. The third-order valence-electron chi connectivity index (χ3n) is 5.73. The molecule has 1 fully saturated rings. The average molecular weight is 567 g/mol. The van der Waals surface area contributed by atoms with Gasteiger partial charge in [0.1, 0.15) is 0 Å². The first-order valence-electron chi connectivity index (χ1n) is 14.7. The van der Waals surface area contributed by atoms with Crippen molar-refractivity contribution in [3.8, 4) is 0 Å². The first-order chi connectivity index (χ1) is 17.6. The van der Waals surface area contributed by atoms with E-state index >= 15 is 0 Å². The number of hydrazine groups is 2. The van der Waals surface area contributed by atoms with Crippen LogP contribution in [0.1, 0.15) is 119 Å². The second-order valence-electron chi connectivity index (χ2n) is 9.28. The fourth-order valence-corrected chi connectivity index (χ4v) is 13.3. The summed E-state index contributed by atoms with van der Waals surface area (Å²) in [6.07, 6.45) is 16.0. The van der Waals surface area contributed by atoms with Crippen molar-refractivity contribution >= 4 is 30.8 Å². The van der Waals surface area contributed by atoms with Crippen molar-refractivity contribution in [1.82, 2.24) is 40.1 Å². The summed E-state index contributed by atoms with van der Waals surface area (Å²) in [6.45, 7) is 18.5. The smallest absolute Gasteiger partial charge is 0.267 e. The highest BCUT2D eigenvalue weighted by Gasteiger charge is 2.60. The molecule has 0 bridgehead atoms. The molecule has 3 unspecified atom stereocenters. The summed E-state index contributed by atoms with van der Waals surface area (Å²) in [7, 11) is -3.92. The monoisotopic (exact) mass is 566 g/mol. The lowest BCUT2D eigenvalue weighted by atomic mass is 10.3. The molecule has 12 heteroatoms. The summed E-state index contributed by atoms with van der Waals surface area (Å²) in [4.78, 5) is 4.08. The van der Waals surface area contributed by atoms with Crippen LogP contribution >= 0.6 is 24.6 Å². The molecule has 6 N–H and O–H groups in total. The van der Waals surface area contributed by atoms with E-state index in [0.717, 1.165) is 58.4 Å². The number of hydrogen-bond donors (Lipinski definition) is 6. The predicted octanol–water partition coefficient (Wildman–Crippen LogP) is 6.97. The van der Waals surface area contributed by atoms with Gasteiger partial charge in [-0.15, -0.1) is 9.64 Å². The van der Waals surface area contributed by atoms with Crippen LogP contribution in [0.3, 0.4) is 0 Å². The second-order valence-corrected chi connectivity index (χ2v) is 15.9. The van der Waals surface area contributed by atoms with Crippen molar-refractivity contribution < 1.29 is 0 Å². The molecule has 36 heavy (non-hydrogen) atoms. The minimum Gasteiger partial charge on any atom is -0.267 e. The highest BCUT2D eigenvalue weighted by molar-refractivity contribution is 7.88. The number of nitrogens with zero attached hydrogens (tertiary/aromatic N) is 3. The molecule has 9 nitrogen and oxygen atoms in total. The van der Waals surface area contributed by atoms with Gasteiger partial charge < -0.3 is 0 Å². The van der Waals surface area contributed by atoms with Crippen LogP contribution in [0.4, 0.5) is 0 Å². The number of nitrogens with one attached hydrogen (secondary N) is 6. The molecule has 214 valence electrons. The highest BCUT2D eigenvalue weighted by Crippen LogP contribution is 2.74. The van der Waals surface area contributed by atoms with Gasteiger partial charge in [0.15, 0.2) is 16.7 Å². The molecular formula is C24H59N9P3+. The zero-order valence-electron chi connectivity index (χ0n) is 24.3. The van der Waals surface area contributed by atoms with E-state index in [1.165, 1.54) is 51.4 Å². The minimum atomic E-state index is -2.24. The number of hydrogen-bond acceptors (Lipinski definition) is 9. The third kappa shape index (κ3) is 12.7. The Balaban J connectivity index is 3.45. The molecule has 1 aliphatic rings. The van der Waals surface area contributed by atoms with Gasteiger partial charge in [0.2, 0.25) is 0 Å². The highest BCUT2D eigenvalue weighted by atomic mass is 31.3. The van der Waals surface area contributed by atoms with Crippen molar-refractivity contribution in [2.24, 2.45) is 4.76 Å². The van der Waals surface area contributed by atoms with Crippen LogP contribution in [0.2, 0.25) is 0 Å². The maximum absolute atomic E-state index is 5.35. The van der Waals surface area contributed by atoms with E-state index in [1.54, 1.807) is 0 Å². The van der Waals surface area contributed by atoms with Crippen molar-refractivity contribution in [2.45, 2.75) is 119 Å². The van der Waals surface area contributed by atoms with Gasteiger partial charge in [-0.1, -0.05) is 89.7 Å². The van der Waals surface area contributed by atoms with E-state index in [9.17, 15) is 0 Å². The standard InChI is InChI=1S/C24H59N9P3/c1-7-13-19-25-32-34(27-21-15-9-3)31-36(29-23-17-11-5,30-24-18-12-6)33(26-20-14-8-2)35(32)28-22-16-10-4/h23,25-28,30-31H,7-22,24H2,1-6H3/q+1. The van der Waals surface area contributed by atoms with Crippen molar-refractivity contribution in [3.05, 3.63) is 0 Å². The Morgan fingerprint density at radius 1 is 0.694 bits per heavy atom. The van der Waals surface area contributed by atoms with Gasteiger partial charge in [0.05, 0.1) is 0 Å². The molecule has 0 saturated carbocycles. The molecule has 0 aromatic carbocycles. The average Bonchev–Trinajstić information content (AvgIpc) is 2.87. The largest absolute Gasteiger partial charge is 0.375 e. The van der Waals surface area contributed by atoms with Gasteiger partial charge in [0, 0.05) is 38.9 Å². The first-order valence-corrected chi connectivity index (χ1v) is 19.0. The molecule has 0 aliphatic carbocycles. The molecule has 0 radical (unpaired) electrons. The molecule has 1 rings (SSSR count). The third-order valence-corrected chi connectivity index (χ3v) is 14.3. The van der Waals surface area contributed by atoms with E-state index in [2.05, 4.69) is 87.8 Å². The van der Waals surface area contributed by atoms with Crippen LogP contribution in [0.15, 0.2) is 4.76 Å². The maximum Gasteiger partial charge on any atom is 0.375 e. The zero-order valence-corrected chi connectivity index (χ0v) is 27.0. The maximum atomic E-state index is 5.35. The topological polar surface area (TPSA) is 91.0 Å². The van der Waals surface area contributed by atoms with E-state index < -0.39 is 24.6 Å². The van der Waals surface area contributed by atoms with Crippen LogP contribution in [0, 0.1) is 0 Å². The number of rotatable bonds is 23. The van der Waals surface area contributed by atoms with Gasteiger partial charge >= 0.3 is 7.87 Å². The Hall–Kier alpha value is 0.640. The first kappa shape index (κ1) is 34.7. The summed E-state index contributed by atoms with van der Waals surface area (Å²) in [5, 5.41) is 11.8. The molecule has 3 atom stereocenters. The van der Waals surface area contributed by atoms with Crippen LogP contribution in [-0.4, -0.2) is 48.0 Å². The van der Waals surface area contributed by atoms with Gasteiger partial charge in [-0.25, -0.2) is 10.9 Å². The normalized spacial score (nSPS) is 23.7. The van der Waals surface area contributed by atoms with Crippen LogP contribution < -0.4 is 31.0 Å². The molecule has 1 aliphatic heterocycles. The molecule has 1 saturated heterocycles. The van der Waals surface area contributed by atoms with Gasteiger partial charge in [-0.05, 0) is 43.1 Å². The van der Waals surface area contributed by atoms with E-state index in [1.807, 2.05) is 0 Å². The summed E-state index contributed by atoms with van der Waals surface area (Å²) in [6, 6.07) is 0. The van der Waals surface area contributed by atoms with Gasteiger partial charge in [-0.2, -0.15) is 0 Å². The molecular weight excluding hydrogens is 507 g/mol. The molecule has 1 heterocycles. The Bertz CT molecular complexity index is 547. The molecule has 0 aromatic rings. The lowest BCUT2D eigenvalue weighted by Crippen LogP contribution is -2.56. The van der Waals surface area contributed by atoms with Crippen LogP contribution in [0.25, 0.3) is 0 Å². The fraction of sp³-hybridized carbons (Fsp3) is 0.958. The Kier molecular flexibility index (Phi) is 21.6. The van der Waals surface area contributed by atoms with E-state index in [4.69, 9.17) is 4.76 Å². The summed E-state index contributed by atoms with van der Waals surface area (Å²) in [5.74, 6) is 0. The van der Waals surface area contributed by atoms with Crippen molar-refractivity contribution in [1.29, 1.82) is 0 Å². The molecule has 0 amide bonds. The molecule has 0 spiro atoms. The summed E-state index contributed by atoms with van der Waals surface area (Å²) < 4.78 is 10.3. The van der Waals surface area contributed by atoms with E-state index in [-0.39, 0.29) is 0 Å². The zero-order chi connectivity index (χ0) is 26.5. The van der Waals surface area contributed by atoms with E-state index in [0.29, 0.717) is 0 Å². The SMILES string of the molecule is CCCC=N[P+]1(NCCCC)NP(NCCCC)N(NCCCC)P(NCCCC)N1NCCCC. The predicted molar refractivity (Wildman–Crippen MR) is 166 cm³/mol. The minimum absolute atomic E-state index is 0.818. The Morgan fingerprint density at radius 3 is 1.86 bits per heavy atom. The van der Waals surface area contributed by atoms with Crippen LogP contribution in [0.5, 0.6) is 0 Å². The fourth-order valence-electron chi connectivity index (χ4n) is 3.41. The molecule has 0 aromatic heterocycles. The summed E-state index contributed by atoms with van der Waals surface area (Å²) >= 11 is 0. The van der Waals surface area contributed by atoms with Gasteiger partial charge in [0.25, 0.3) is 0 Å². The second kappa shape index (κ2) is 22.5. The van der Waals surface area contributed by atoms with Crippen molar-refractivity contribution in [3.63, 3.8) is 0 Å². The van der Waals surface area contributed by atoms with Crippen LogP contribution in [-0.2, 0) is 0 Å². The van der Waals surface area contributed by atoms with Gasteiger partial charge in [-0.3, -0.25) is 10.2 Å². The Morgan fingerprint density at radius 2 is 1.25 bits per heavy atom. The van der Waals surface area contributed by atoms with Crippen molar-refractivity contribution in [2.75, 3.05) is 32.7 Å². The number of unbranched alkanes of at least 4 members (excludes halogenated alkanes) is 6. The summed E-state index contributed by atoms with van der Waals surface area (Å²) in [5.41, 5.74) is 7.69. The lowest BCUT2D eigenvalue weighted by Gasteiger charge is -2.48. The quantitative estimate of drug-likeness (QED) is 0.0449.